The van der Waals surface area contributed by atoms with Gasteiger partial charge in [-0.25, -0.2) is 13.4 Å². The molecule has 0 unspecified atom stereocenters. The number of nitrogens with zero attached hydrogens (tertiary/aromatic N) is 2. The molecule has 1 saturated carbocycles. The van der Waals surface area contributed by atoms with Crippen LogP contribution in [-0.2, 0) is 16.6 Å². The van der Waals surface area contributed by atoms with E-state index in [1.54, 1.807) is 11.4 Å². The number of pyridine rings is 1. The Bertz CT molecular complexity index is 883. The first kappa shape index (κ1) is 18.6. The van der Waals surface area contributed by atoms with E-state index in [2.05, 4.69) is 20.9 Å². The van der Waals surface area contributed by atoms with E-state index in [0.717, 1.165) is 24.2 Å². The molecule has 1 heterocycles. The molecule has 0 spiro atoms. The molecule has 1 aromatic heterocycles. The fourth-order valence-electron chi connectivity index (χ4n) is 2.57. The Morgan fingerprint density at radius 3 is 2.48 bits per heavy atom. The maximum absolute atomic E-state index is 13.2. The Kier molecular flexibility index (Phi) is 5.12. The number of sulfonamides is 1. The van der Waals surface area contributed by atoms with E-state index in [1.165, 1.54) is 12.3 Å². The van der Waals surface area contributed by atoms with Gasteiger partial charge in [0.2, 0.25) is 10.0 Å². The standard InChI is InChI=1S/C17H18BrClN2O3S/c1-17(7-8-17)21(11-12-3-5-13(24-2)6-4-12)25(22,23)14-9-15(18)16(19)20-10-14/h3-6,9-10H,7-8,11H2,1-2H3. The van der Waals surface area contributed by atoms with Gasteiger partial charge in [0.05, 0.1) is 11.6 Å². The molecule has 0 bridgehead atoms. The molecule has 1 aromatic carbocycles. The summed E-state index contributed by atoms with van der Waals surface area (Å²) in [5.41, 5.74) is 0.531. The summed E-state index contributed by atoms with van der Waals surface area (Å²) in [7, 11) is -2.10. The van der Waals surface area contributed by atoms with Crippen LogP contribution in [0.15, 0.2) is 45.9 Å². The van der Waals surface area contributed by atoms with Crippen molar-refractivity contribution in [3.8, 4) is 5.75 Å². The van der Waals surface area contributed by atoms with Gasteiger partial charge in [-0.15, -0.1) is 0 Å². The van der Waals surface area contributed by atoms with E-state index in [-0.39, 0.29) is 15.6 Å². The zero-order valence-electron chi connectivity index (χ0n) is 13.9. The van der Waals surface area contributed by atoms with Crippen LogP contribution < -0.4 is 4.74 Å². The van der Waals surface area contributed by atoms with Gasteiger partial charge in [-0.05, 0) is 59.5 Å². The number of hydrogen-bond acceptors (Lipinski definition) is 4. The van der Waals surface area contributed by atoms with Crippen LogP contribution in [0.5, 0.6) is 5.75 Å². The highest BCUT2D eigenvalue weighted by Crippen LogP contribution is 2.45. The van der Waals surface area contributed by atoms with Crippen LogP contribution in [0.4, 0.5) is 0 Å². The molecule has 1 fully saturated rings. The summed E-state index contributed by atoms with van der Waals surface area (Å²) >= 11 is 9.14. The first-order chi connectivity index (χ1) is 11.8. The lowest BCUT2D eigenvalue weighted by atomic mass is 10.2. The van der Waals surface area contributed by atoms with Crippen molar-refractivity contribution >= 4 is 37.6 Å². The van der Waals surface area contributed by atoms with E-state index in [9.17, 15) is 8.42 Å². The summed E-state index contributed by atoms with van der Waals surface area (Å²) in [5.74, 6) is 0.738. The van der Waals surface area contributed by atoms with Gasteiger partial charge < -0.3 is 4.74 Å². The predicted molar refractivity (Wildman–Crippen MR) is 100 cm³/mol. The zero-order valence-corrected chi connectivity index (χ0v) is 17.0. The van der Waals surface area contributed by atoms with Crippen molar-refractivity contribution in [2.24, 2.45) is 0 Å². The SMILES string of the molecule is COc1ccc(CN(C2(C)CC2)S(=O)(=O)c2cnc(Cl)c(Br)c2)cc1. The van der Waals surface area contributed by atoms with Crippen LogP contribution >= 0.6 is 27.5 Å². The van der Waals surface area contributed by atoms with Crippen molar-refractivity contribution < 1.29 is 13.2 Å². The molecule has 8 heteroatoms. The van der Waals surface area contributed by atoms with Crippen LogP contribution in [0.2, 0.25) is 5.15 Å². The van der Waals surface area contributed by atoms with Crippen molar-refractivity contribution in [1.82, 2.24) is 9.29 Å². The van der Waals surface area contributed by atoms with Crippen molar-refractivity contribution in [2.45, 2.75) is 36.7 Å². The Morgan fingerprint density at radius 2 is 1.96 bits per heavy atom. The van der Waals surface area contributed by atoms with Gasteiger partial charge in [-0.3, -0.25) is 0 Å². The largest absolute Gasteiger partial charge is 0.497 e. The third-order valence-electron chi connectivity index (χ3n) is 4.42. The second-order valence-corrected chi connectivity index (χ2v) is 9.38. The van der Waals surface area contributed by atoms with Gasteiger partial charge in [-0.1, -0.05) is 23.7 Å². The Balaban J connectivity index is 1.96. The lowest BCUT2D eigenvalue weighted by Crippen LogP contribution is -2.39. The third-order valence-corrected chi connectivity index (χ3v) is 7.52. The van der Waals surface area contributed by atoms with Crippen molar-refractivity contribution in [2.75, 3.05) is 7.11 Å². The molecule has 134 valence electrons. The fraction of sp³-hybridized carbons (Fsp3) is 0.353. The number of aromatic nitrogens is 1. The summed E-state index contributed by atoms with van der Waals surface area (Å²) in [6, 6.07) is 8.91. The monoisotopic (exact) mass is 444 g/mol. The van der Waals surface area contributed by atoms with Crippen molar-refractivity contribution in [1.29, 1.82) is 0 Å². The minimum atomic E-state index is -3.70. The second kappa shape index (κ2) is 6.87. The Morgan fingerprint density at radius 1 is 1.32 bits per heavy atom. The van der Waals surface area contributed by atoms with Crippen LogP contribution in [0.3, 0.4) is 0 Å². The molecule has 0 aliphatic heterocycles. The number of methoxy groups -OCH3 is 1. The first-order valence-electron chi connectivity index (χ1n) is 7.73. The molecule has 0 atom stereocenters. The summed E-state index contributed by atoms with van der Waals surface area (Å²) < 4.78 is 33.6. The fourth-order valence-corrected chi connectivity index (χ4v) is 4.96. The molecule has 2 aromatic rings. The van der Waals surface area contributed by atoms with Crippen LogP contribution in [0, 0.1) is 0 Å². The quantitative estimate of drug-likeness (QED) is 0.624. The van der Waals surface area contributed by atoms with E-state index in [4.69, 9.17) is 16.3 Å². The number of benzene rings is 1. The molecular weight excluding hydrogens is 428 g/mol. The maximum Gasteiger partial charge on any atom is 0.245 e. The second-order valence-electron chi connectivity index (χ2n) is 6.30. The number of halogens is 2. The molecule has 3 rings (SSSR count). The van der Waals surface area contributed by atoms with E-state index in [0.29, 0.717) is 11.0 Å². The van der Waals surface area contributed by atoms with Crippen LogP contribution in [0.1, 0.15) is 25.3 Å². The van der Waals surface area contributed by atoms with E-state index < -0.39 is 10.0 Å². The third kappa shape index (κ3) is 3.84. The maximum atomic E-state index is 13.2. The number of hydrogen-bond donors (Lipinski definition) is 0. The Labute approximate surface area is 161 Å². The molecule has 1 aliphatic carbocycles. The highest BCUT2D eigenvalue weighted by atomic mass is 79.9. The van der Waals surface area contributed by atoms with Gasteiger partial charge in [0.15, 0.2) is 0 Å². The molecule has 1 aliphatic rings. The summed E-state index contributed by atoms with van der Waals surface area (Å²) in [4.78, 5) is 4.09. The smallest absolute Gasteiger partial charge is 0.245 e. The van der Waals surface area contributed by atoms with Gasteiger partial charge >= 0.3 is 0 Å². The van der Waals surface area contributed by atoms with Gasteiger partial charge in [-0.2, -0.15) is 4.31 Å². The van der Waals surface area contributed by atoms with Crippen molar-refractivity contribution in [3.05, 3.63) is 51.7 Å². The van der Waals surface area contributed by atoms with Gasteiger partial charge in [0.1, 0.15) is 15.8 Å². The van der Waals surface area contributed by atoms with Gasteiger partial charge in [0, 0.05) is 18.3 Å². The summed E-state index contributed by atoms with van der Waals surface area (Å²) in [6.45, 7) is 2.26. The summed E-state index contributed by atoms with van der Waals surface area (Å²) in [6.07, 6.45) is 2.98. The zero-order chi connectivity index (χ0) is 18.2. The normalized spacial score (nSPS) is 16.0. The highest BCUT2D eigenvalue weighted by Gasteiger charge is 2.49. The highest BCUT2D eigenvalue weighted by molar-refractivity contribution is 9.10. The predicted octanol–water partition coefficient (Wildman–Crippen LogP) is 4.25. The minimum absolute atomic E-state index is 0.130. The molecule has 0 radical (unpaired) electrons. The minimum Gasteiger partial charge on any atom is -0.497 e. The average molecular weight is 446 g/mol. The summed E-state index contributed by atoms with van der Waals surface area (Å²) in [5, 5.41) is 0.235. The van der Waals surface area contributed by atoms with Crippen LogP contribution in [0.25, 0.3) is 0 Å². The molecule has 5 nitrogen and oxygen atoms in total. The topological polar surface area (TPSA) is 59.5 Å². The Hall–Kier alpha value is -1.15. The number of ether oxygens (including phenoxy) is 1. The molecule has 0 N–H and O–H groups in total. The van der Waals surface area contributed by atoms with E-state index >= 15 is 0 Å². The molecule has 0 amide bonds. The number of rotatable bonds is 6. The molecular formula is C17H18BrClN2O3S. The average Bonchev–Trinajstić information content (AvgIpc) is 3.33. The lowest BCUT2D eigenvalue weighted by molar-refractivity contribution is 0.312. The van der Waals surface area contributed by atoms with E-state index in [1.807, 2.05) is 31.2 Å². The van der Waals surface area contributed by atoms with Crippen molar-refractivity contribution in [3.63, 3.8) is 0 Å². The van der Waals surface area contributed by atoms with Crippen LogP contribution in [-0.4, -0.2) is 30.4 Å². The molecule has 0 saturated heterocycles. The lowest BCUT2D eigenvalue weighted by Gasteiger charge is -2.28. The van der Waals surface area contributed by atoms with Gasteiger partial charge in [0.25, 0.3) is 0 Å². The first-order valence-corrected chi connectivity index (χ1v) is 10.3. The molecule has 25 heavy (non-hydrogen) atoms.